The first kappa shape index (κ1) is 23.6. The summed E-state index contributed by atoms with van der Waals surface area (Å²) in [5.41, 5.74) is 5.55. The fraction of sp³-hybridized carbons (Fsp3) is 0.310. The van der Waals surface area contributed by atoms with E-state index < -0.39 is 0 Å². The number of nitrogens with one attached hydrogen (secondary N) is 1. The van der Waals surface area contributed by atoms with Crippen molar-refractivity contribution in [1.82, 2.24) is 4.90 Å². The third kappa shape index (κ3) is 5.30. The molecule has 3 aromatic carbocycles. The topological polar surface area (TPSA) is 52.7 Å². The smallest absolute Gasteiger partial charge is 0.255 e. The highest BCUT2D eigenvalue weighted by Gasteiger charge is 2.23. The molecule has 5 nitrogen and oxygen atoms in total. The molecule has 176 valence electrons. The van der Waals surface area contributed by atoms with E-state index in [0.717, 1.165) is 35.6 Å². The van der Waals surface area contributed by atoms with E-state index in [2.05, 4.69) is 43.1 Å². The Morgan fingerprint density at radius 3 is 2.00 bits per heavy atom. The van der Waals surface area contributed by atoms with Gasteiger partial charge in [0.15, 0.2) is 0 Å². The van der Waals surface area contributed by atoms with Gasteiger partial charge < -0.3 is 15.1 Å². The molecule has 1 heterocycles. The lowest BCUT2D eigenvalue weighted by Gasteiger charge is -2.36. The van der Waals surface area contributed by atoms with Crippen molar-refractivity contribution in [3.8, 4) is 0 Å². The average Bonchev–Trinajstić information content (AvgIpc) is 2.84. The van der Waals surface area contributed by atoms with Gasteiger partial charge in [0.05, 0.1) is 0 Å². The zero-order valence-electron chi connectivity index (χ0n) is 20.5. The van der Waals surface area contributed by atoms with Crippen molar-refractivity contribution in [3.05, 3.63) is 95.1 Å². The molecule has 1 aliphatic heterocycles. The number of rotatable bonds is 4. The van der Waals surface area contributed by atoms with E-state index in [4.69, 9.17) is 0 Å². The van der Waals surface area contributed by atoms with Gasteiger partial charge in [-0.2, -0.15) is 0 Å². The summed E-state index contributed by atoms with van der Waals surface area (Å²) in [6.07, 6.45) is 0. The van der Waals surface area contributed by atoms with Gasteiger partial charge in [0, 0.05) is 48.7 Å². The number of hydrogen-bond acceptors (Lipinski definition) is 3. The highest BCUT2D eigenvalue weighted by atomic mass is 16.2. The number of anilines is 2. The average molecular weight is 456 g/mol. The second-order valence-electron chi connectivity index (χ2n) is 9.92. The summed E-state index contributed by atoms with van der Waals surface area (Å²) in [7, 11) is 0. The van der Waals surface area contributed by atoms with Crippen LogP contribution < -0.4 is 10.2 Å². The Morgan fingerprint density at radius 2 is 1.41 bits per heavy atom. The van der Waals surface area contributed by atoms with Crippen LogP contribution in [0.2, 0.25) is 0 Å². The molecule has 2 amide bonds. The number of amides is 2. The van der Waals surface area contributed by atoms with Crippen molar-refractivity contribution in [1.29, 1.82) is 0 Å². The zero-order chi connectivity index (χ0) is 24.3. The van der Waals surface area contributed by atoms with Crippen LogP contribution in [0.1, 0.15) is 52.6 Å². The molecule has 3 aromatic rings. The quantitative estimate of drug-likeness (QED) is 0.565. The van der Waals surface area contributed by atoms with Crippen LogP contribution in [0.5, 0.6) is 0 Å². The number of carbonyl (C=O) groups excluding carboxylic acids is 2. The number of aryl methyl sites for hydroxylation is 1. The Hall–Kier alpha value is -3.60. The first-order valence-electron chi connectivity index (χ1n) is 11.8. The fourth-order valence-corrected chi connectivity index (χ4v) is 4.24. The summed E-state index contributed by atoms with van der Waals surface area (Å²) in [4.78, 5) is 29.7. The molecule has 4 rings (SSSR count). The van der Waals surface area contributed by atoms with E-state index in [1.54, 1.807) is 0 Å². The Labute approximate surface area is 202 Å². The molecular weight excluding hydrogens is 422 g/mol. The lowest BCUT2D eigenvalue weighted by atomic mass is 9.86. The molecule has 0 atom stereocenters. The van der Waals surface area contributed by atoms with Gasteiger partial charge in [0.2, 0.25) is 0 Å². The Balaban J connectivity index is 1.33. The first-order chi connectivity index (χ1) is 16.2. The molecule has 1 aliphatic rings. The van der Waals surface area contributed by atoms with E-state index in [9.17, 15) is 9.59 Å². The van der Waals surface area contributed by atoms with Crippen LogP contribution in [-0.4, -0.2) is 42.9 Å². The minimum Gasteiger partial charge on any atom is -0.368 e. The van der Waals surface area contributed by atoms with Crippen molar-refractivity contribution in [2.24, 2.45) is 0 Å². The largest absolute Gasteiger partial charge is 0.368 e. The van der Waals surface area contributed by atoms with Crippen molar-refractivity contribution >= 4 is 23.2 Å². The van der Waals surface area contributed by atoms with Gasteiger partial charge in [-0.05, 0) is 65.9 Å². The van der Waals surface area contributed by atoms with Crippen molar-refractivity contribution in [2.45, 2.75) is 33.1 Å². The molecule has 34 heavy (non-hydrogen) atoms. The Bertz CT molecular complexity index is 1150. The monoisotopic (exact) mass is 455 g/mol. The van der Waals surface area contributed by atoms with E-state index in [1.165, 1.54) is 5.56 Å². The highest BCUT2D eigenvalue weighted by Crippen LogP contribution is 2.24. The molecule has 0 bridgehead atoms. The molecule has 0 unspecified atom stereocenters. The number of hydrogen-bond donors (Lipinski definition) is 1. The van der Waals surface area contributed by atoms with Crippen LogP contribution in [0.4, 0.5) is 11.4 Å². The van der Waals surface area contributed by atoms with Gasteiger partial charge in [-0.1, -0.05) is 51.1 Å². The molecule has 1 N–H and O–H groups in total. The van der Waals surface area contributed by atoms with Crippen LogP contribution in [0.25, 0.3) is 0 Å². The van der Waals surface area contributed by atoms with E-state index in [-0.39, 0.29) is 17.2 Å². The second kappa shape index (κ2) is 9.72. The molecule has 0 saturated carbocycles. The summed E-state index contributed by atoms with van der Waals surface area (Å²) in [5, 5.41) is 2.97. The molecule has 0 aliphatic carbocycles. The standard InChI is InChI=1S/C29H33N3O2/c1-21-7-5-6-8-26(21)27(33)30-24-13-15-25(16-14-24)31-17-19-32(20-18-31)28(34)22-9-11-23(12-10-22)29(2,3)4/h5-16H,17-20H2,1-4H3,(H,30,33). The van der Waals surface area contributed by atoms with Crippen LogP contribution in [0, 0.1) is 6.92 Å². The van der Waals surface area contributed by atoms with E-state index >= 15 is 0 Å². The molecule has 0 radical (unpaired) electrons. The number of nitrogens with zero attached hydrogens (tertiary/aromatic N) is 2. The van der Waals surface area contributed by atoms with Crippen LogP contribution in [-0.2, 0) is 5.41 Å². The Kier molecular flexibility index (Phi) is 6.73. The van der Waals surface area contributed by atoms with Gasteiger partial charge in [-0.15, -0.1) is 0 Å². The molecule has 1 saturated heterocycles. The van der Waals surface area contributed by atoms with E-state index in [1.807, 2.05) is 72.5 Å². The number of piperazine rings is 1. The first-order valence-corrected chi connectivity index (χ1v) is 11.8. The summed E-state index contributed by atoms with van der Waals surface area (Å²) in [6.45, 7) is 11.4. The van der Waals surface area contributed by atoms with Gasteiger partial charge in [0.25, 0.3) is 11.8 Å². The molecule has 0 aromatic heterocycles. The van der Waals surface area contributed by atoms with Gasteiger partial charge >= 0.3 is 0 Å². The van der Waals surface area contributed by atoms with Crippen molar-refractivity contribution in [3.63, 3.8) is 0 Å². The summed E-state index contributed by atoms with van der Waals surface area (Å²) in [5.74, 6) is -0.0112. The predicted octanol–water partition coefficient (Wildman–Crippen LogP) is 5.51. The lowest BCUT2D eigenvalue weighted by molar-refractivity contribution is 0.0746. The molecule has 0 spiro atoms. The van der Waals surface area contributed by atoms with Crippen LogP contribution in [0.3, 0.4) is 0 Å². The minimum atomic E-state index is -0.103. The third-order valence-electron chi connectivity index (χ3n) is 6.44. The normalized spacial score (nSPS) is 14.1. The van der Waals surface area contributed by atoms with E-state index in [0.29, 0.717) is 18.7 Å². The molecule has 1 fully saturated rings. The van der Waals surface area contributed by atoms with Gasteiger partial charge in [-0.25, -0.2) is 0 Å². The summed E-state index contributed by atoms with van der Waals surface area (Å²) < 4.78 is 0. The predicted molar refractivity (Wildman–Crippen MR) is 139 cm³/mol. The third-order valence-corrected chi connectivity index (χ3v) is 6.44. The molecule has 5 heteroatoms. The lowest BCUT2D eigenvalue weighted by Crippen LogP contribution is -2.48. The molecular formula is C29H33N3O2. The zero-order valence-corrected chi connectivity index (χ0v) is 20.5. The fourth-order valence-electron chi connectivity index (χ4n) is 4.24. The van der Waals surface area contributed by atoms with Crippen molar-refractivity contribution in [2.75, 3.05) is 36.4 Å². The van der Waals surface area contributed by atoms with Gasteiger partial charge in [-0.3, -0.25) is 9.59 Å². The van der Waals surface area contributed by atoms with Crippen LogP contribution in [0.15, 0.2) is 72.8 Å². The maximum Gasteiger partial charge on any atom is 0.255 e. The maximum atomic E-state index is 13.0. The van der Waals surface area contributed by atoms with Crippen molar-refractivity contribution < 1.29 is 9.59 Å². The highest BCUT2D eigenvalue weighted by molar-refractivity contribution is 6.05. The minimum absolute atomic E-state index is 0.0754. The maximum absolute atomic E-state index is 13.0. The summed E-state index contributed by atoms with van der Waals surface area (Å²) in [6, 6.07) is 23.5. The Morgan fingerprint density at radius 1 is 0.794 bits per heavy atom. The van der Waals surface area contributed by atoms with Gasteiger partial charge in [0.1, 0.15) is 0 Å². The number of carbonyl (C=O) groups is 2. The van der Waals surface area contributed by atoms with Crippen LogP contribution >= 0.6 is 0 Å². The SMILES string of the molecule is Cc1ccccc1C(=O)Nc1ccc(N2CCN(C(=O)c3ccc(C(C)(C)C)cc3)CC2)cc1. The second-order valence-corrected chi connectivity index (χ2v) is 9.92. The summed E-state index contributed by atoms with van der Waals surface area (Å²) >= 11 is 0. The number of benzene rings is 3.